The molecule has 7 nitrogen and oxygen atoms in total. The molecule has 0 aliphatic carbocycles. The molecule has 0 atom stereocenters. The van der Waals surface area contributed by atoms with Gasteiger partial charge < -0.3 is 4.74 Å². The molecular weight excluding hydrogens is 366 g/mol. The average Bonchev–Trinajstić information content (AvgIpc) is 2.96. The highest BCUT2D eigenvalue weighted by atomic mass is 35.5. The van der Waals surface area contributed by atoms with Crippen molar-refractivity contribution in [3.8, 4) is 5.75 Å². The standard InChI is InChI=1S/C16H12ClN3O4S/c1-2-24-10-4-6-12-14(8-10)25-16(18-12)19-15(21)9-3-5-11(17)13(7-9)20(22)23/h3-8H,2H2,1H3,(H,18,19,21). The molecule has 2 aromatic carbocycles. The first-order valence-corrected chi connectivity index (χ1v) is 8.46. The molecule has 1 N–H and O–H groups in total. The van der Waals surface area contributed by atoms with Crippen LogP contribution in [0.3, 0.4) is 0 Å². The molecule has 0 saturated heterocycles. The number of hydrogen-bond donors (Lipinski definition) is 1. The Hall–Kier alpha value is -2.71. The quantitative estimate of drug-likeness (QED) is 0.521. The van der Waals surface area contributed by atoms with Gasteiger partial charge in [0.2, 0.25) is 0 Å². The molecule has 1 aromatic heterocycles. The Labute approximate surface area is 151 Å². The van der Waals surface area contributed by atoms with Crippen molar-refractivity contribution in [1.29, 1.82) is 0 Å². The first kappa shape index (κ1) is 17.1. The zero-order valence-corrected chi connectivity index (χ0v) is 14.6. The lowest BCUT2D eigenvalue weighted by atomic mass is 10.2. The van der Waals surface area contributed by atoms with Gasteiger partial charge in [-0.2, -0.15) is 0 Å². The number of nitrogens with one attached hydrogen (secondary N) is 1. The number of nitrogens with zero attached hydrogens (tertiary/aromatic N) is 2. The van der Waals surface area contributed by atoms with Crippen molar-refractivity contribution in [2.45, 2.75) is 6.92 Å². The summed E-state index contributed by atoms with van der Waals surface area (Å²) in [5, 5.41) is 13.9. The van der Waals surface area contributed by atoms with Gasteiger partial charge in [0.25, 0.3) is 11.6 Å². The van der Waals surface area contributed by atoms with Crippen molar-refractivity contribution in [2.75, 3.05) is 11.9 Å². The smallest absolute Gasteiger partial charge is 0.288 e. The van der Waals surface area contributed by atoms with Crippen molar-refractivity contribution < 1.29 is 14.5 Å². The van der Waals surface area contributed by atoms with Crippen molar-refractivity contribution in [3.63, 3.8) is 0 Å². The van der Waals surface area contributed by atoms with E-state index in [4.69, 9.17) is 16.3 Å². The molecule has 0 spiro atoms. The van der Waals surface area contributed by atoms with Gasteiger partial charge in [0.05, 0.1) is 21.7 Å². The van der Waals surface area contributed by atoms with Gasteiger partial charge in [-0.1, -0.05) is 22.9 Å². The zero-order valence-electron chi connectivity index (χ0n) is 13.0. The number of anilines is 1. The summed E-state index contributed by atoms with van der Waals surface area (Å²) in [5.74, 6) is 0.230. The van der Waals surface area contributed by atoms with Crippen LogP contribution in [0.1, 0.15) is 17.3 Å². The van der Waals surface area contributed by atoms with E-state index in [2.05, 4.69) is 10.3 Å². The summed E-state index contributed by atoms with van der Waals surface area (Å²) >= 11 is 7.05. The van der Waals surface area contributed by atoms with E-state index in [9.17, 15) is 14.9 Å². The zero-order chi connectivity index (χ0) is 18.0. The van der Waals surface area contributed by atoms with Crippen LogP contribution in [0.15, 0.2) is 36.4 Å². The van der Waals surface area contributed by atoms with Gasteiger partial charge in [-0.15, -0.1) is 0 Å². The number of ether oxygens (including phenoxy) is 1. The summed E-state index contributed by atoms with van der Waals surface area (Å²) in [6.07, 6.45) is 0. The maximum absolute atomic E-state index is 12.3. The third kappa shape index (κ3) is 3.70. The molecule has 3 aromatic rings. The Morgan fingerprint density at radius 2 is 2.16 bits per heavy atom. The number of nitro groups is 1. The summed E-state index contributed by atoms with van der Waals surface area (Å²) in [5.41, 5.74) is 0.538. The van der Waals surface area contributed by atoms with Crippen molar-refractivity contribution in [1.82, 2.24) is 4.98 Å². The Morgan fingerprint density at radius 3 is 2.88 bits per heavy atom. The average molecular weight is 378 g/mol. The maximum Gasteiger partial charge on any atom is 0.288 e. The Bertz CT molecular complexity index is 973. The number of benzene rings is 2. The molecule has 0 radical (unpaired) electrons. The minimum Gasteiger partial charge on any atom is -0.494 e. The molecule has 0 unspecified atom stereocenters. The lowest BCUT2D eigenvalue weighted by Crippen LogP contribution is -2.11. The highest BCUT2D eigenvalue weighted by Crippen LogP contribution is 2.30. The highest BCUT2D eigenvalue weighted by molar-refractivity contribution is 7.22. The lowest BCUT2D eigenvalue weighted by molar-refractivity contribution is -0.384. The van der Waals surface area contributed by atoms with Crippen molar-refractivity contribution >= 4 is 49.9 Å². The molecular formula is C16H12ClN3O4S. The molecule has 1 amide bonds. The predicted molar refractivity (Wildman–Crippen MR) is 96.8 cm³/mol. The van der Waals surface area contributed by atoms with Crippen LogP contribution in [0.4, 0.5) is 10.8 Å². The minimum absolute atomic E-state index is 0.0232. The number of carbonyl (C=O) groups excluding carboxylic acids is 1. The van der Waals surface area contributed by atoms with E-state index in [1.54, 1.807) is 12.1 Å². The van der Waals surface area contributed by atoms with Crippen LogP contribution < -0.4 is 10.1 Å². The van der Waals surface area contributed by atoms with Crippen LogP contribution in [-0.4, -0.2) is 22.4 Å². The summed E-state index contributed by atoms with van der Waals surface area (Å²) in [6, 6.07) is 9.34. The van der Waals surface area contributed by atoms with Gasteiger partial charge in [-0.05, 0) is 37.3 Å². The lowest BCUT2D eigenvalue weighted by Gasteiger charge is -2.02. The number of rotatable bonds is 5. The Morgan fingerprint density at radius 1 is 1.36 bits per heavy atom. The fourth-order valence-electron chi connectivity index (χ4n) is 2.18. The Kier molecular flexibility index (Phi) is 4.82. The van der Waals surface area contributed by atoms with Crippen LogP contribution in [0.25, 0.3) is 10.2 Å². The highest BCUT2D eigenvalue weighted by Gasteiger charge is 2.17. The topological polar surface area (TPSA) is 94.4 Å². The van der Waals surface area contributed by atoms with Gasteiger partial charge in [-0.25, -0.2) is 4.98 Å². The summed E-state index contributed by atoms with van der Waals surface area (Å²) in [4.78, 5) is 26.9. The number of fused-ring (bicyclic) bond motifs is 1. The molecule has 0 aliphatic heterocycles. The summed E-state index contributed by atoms with van der Waals surface area (Å²) in [7, 11) is 0. The number of amides is 1. The number of halogens is 1. The second-order valence-corrected chi connectivity index (χ2v) is 6.40. The van der Waals surface area contributed by atoms with Crippen molar-refractivity contribution in [2.24, 2.45) is 0 Å². The Balaban J connectivity index is 1.84. The van der Waals surface area contributed by atoms with E-state index in [-0.39, 0.29) is 16.3 Å². The monoisotopic (exact) mass is 377 g/mol. The van der Waals surface area contributed by atoms with Crippen molar-refractivity contribution in [3.05, 3.63) is 57.1 Å². The molecule has 0 bridgehead atoms. The third-order valence-corrected chi connectivity index (χ3v) is 4.55. The third-order valence-electron chi connectivity index (χ3n) is 3.30. The molecule has 25 heavy (non-hydrogen) atoms. The van der Waals surface area contributed by atoms with E-state index in [1.165, 1.54) is 23.5 Å². The van der Waals surface area contributed by atoms with Gasteiger partial charge in [-0.3, -0.25) is 20.2 Å². The van der Waals surface area contributed by atoms with E-state index >= 15 is 0 Å². The second kappa shape index (κ2) is 7.04. The minimum atomic E-state index is -0.633. The van der Waals surface area contributed by atoms with Crippen LogP contribution in [0.5, 0.6) is 5.75 Å². The SMILES string of the molecule is CCOc1ccc2nc(NC(=O)c3ccc(Cl)c([N+](=O)[O-])c3)sc2c1. The van der Waals surface area contributed by atoms with Gasteiger partial charge >= 0.3 is 0 Å². The molecule has 1 heterocycles. The number of thiazole rings is 1. The van der Waals surface area contributed by atoms with Gasteiger partial charge in [0.15, 0.2) is 5.13 Å². The van der Waals surface area contributed by atoms with E-state index < -0.39 is 10.8 Å². The molecule has 3 rings (SSSR count). The first-order valence-electron chi connectivity index (χ1n) is 7.26. The number of aromatic nitrogens is 1. The molecule has 0 fully saturated rings. The first-order chi connectivity index (χ1) is 12.0. The van der Waals surface area contributed by atoms with Gasteiger partial charge in [0, 0.05) is 11.6 Å². The maximum atomic E-state index is 12.3. The predicted octanol–water partition coefficient (Wildman–Crippen LogP) is 4.51. The van der Waals surface area contributed by atoms with E-state index in [1.807, 2.05) is 13.0 Å². The summed E-state index contributed by atoms with van der Waals surface area (Å²) < 4.78 is 6.30. The van der Waals surface area contributed by atoms with Crippen LogP contribution in [0.2, 0.25) is 5.02 Å². The number of carbonyl (C=O) groups is 1. The molecule has 0 saturated carbocycles. The van der Waals surface area contributed by atoms with Crippen LogP contribution in [0, 0.1) is 10.1 Å². The van der Waals surface area contributed by atoms with E-state index in [0.717, 1.165) is 22.0 Å². The molecule has 0 aliphatic rings. The fraction of sp³-hybridized carbons (Fsp3) is 0.125. The van der Waals surface area contributed by atoms with Crippen LogP contribution in [-0.2, 0) is 0 Å². The fourth-order valence-corrected chi connectivity index (χ4v) is 3.25. The van der Waals surface area contributed by atoms with Crippen LogP contribution >= 0.6 is 22.9 Å². The normalized spacial score (nSPS) is 10.6. The molecule has 9 heteroatoms. The molecule has 128 valence electrons. The second-order valence-electron chi connectivity index (χ2n) is 4.96. The van der Waals surface area contributed by atoms with Gasteiger partial charge in [0.1, 0.15) is 10.8 Å². The number of hydrogen-bond acceptors (Lipinski definition) is 6. The van der Waals surface area contributed by atoms with E-state index in [0.29, 0.717) is 11.7 Å². The largest absolute Gasteiger partial charge is 0.494 e. The summed E-state index contributed by atoms with van der Waals surface area (Å²) in [6.45, 7) is 2.46. The number of nitro benzene ring substituents is 1.